The van der Waals surface area contributed by atoms with Crippen LogP contribution >= 0.6 is 0 Å². The van der Waals surface area contributed by atoms with Gasteiger partial charge in [0.25, 0.3) is 0 Å². The van der Waals surface area contributed by atoms with Crippen molar-refractivity contribution in [2.45, 2.75) is 25.7 Å². The number of carbonyl (C=O) groups is 3. The van der Waals surface area contributed by atoms with E-state index < -0.39 is 5.97 Å². The molecule has 0 unspecified atom stereocenters. The fourth-order valence-corrected chi connectivity index (χ4v) is 3.92. The number of amides is 2. The Bertz CT molecular complexity index is 849. The van der Waals surface area contributed by atoms with Gasteiger partial charge in [0.2, 0.25) is 11.8 Å². The number of aromatic carboxylic acids is 1. The van der Waals surface area contributed by atoms with Gasteiger partial charge in [0, 0.05) is 0 Å². The van der Waals surface area contributed by atoms with Crippen LogP contribution in [0, 0.1) is 11.8 Å². The van der Waals surface area contributed by atoms with E-state index >= 15 is 0 Å². The molecule has 4 rings (SSSR count). The summed E-state index contributed by atoms with van der Waals surface area (Å²) in [4.78, 5) is 37.7. The molecule has 5 nitrogen and oxygen atoms in total. The van der Waals surface area contributed by atoms with Gasteiger partial charge in [-0.05, 0) is 47.9 Å². The zero-order chi connectivity index (χ0) is 16.8. The molecule has 1 saturated carbocycles. The standard InChI is InChI=1S/C19H17NO4/c21-17-15-3-1-2-4-16(15)18(22)20(17)14-8-7-11-9-13(19(23)24)6-5-12(11)10-14/h5-10,15-16H,1-4H2,(H,23,24)/t15-,16-/m1/s1. The quantitative estimate of drug-likeness (QED) is 0.861. The summed E-state index contributed by atoms with van der Waals surface area (Å²) in [6.45, 7) is 0. The smallest absolute Gasteiger partial charge is 0.335 e. The highest BCUT2D eigenvalue weighted by molar-refractivity contribution is 6.22. The number of carbonyl (C=O) groups excluding carboxylic acids is 2. The minimum Gasteiger partial charge on any atom is -0.478 e. The number of carboxylic acids is 1. The van der Waals surface area contributed by atoms with Gasteiger partial charge in [-0.2, -0.15) is 0 Å². The molecule has 0 spiro atoms. The Kier molecular flexibility index (Phi) is 3.37. The average molecular weight is 323 g/mol. The molecule has 1 saturated heterocycles. The Morgan fingerprint density at radius 1 is 0.917 bits per heavy atom. The van der Waals surface area contributed by atoms with Gasteiger partial charge in [0.15, 0.2) is 0 Å². The fourth-order valence-electron chi connectivity index (χ4n) is 3.92. The van der Waals surface area contributed by atoms with Gasteiger partial charge in [-0.25, -0.2) is 4.79 Å². The summed E-state index contributed by atoms with van der Waals surface area (Å²) in [6, 6.07) is 10.1. The predicted octanol–water partition coefficient (Wildman–Crippen LogP) is 3.22. The second-order valence-corrected chi connectivity index (χ2v) is 6.56. The first-order valence-corrected chi connectivity index (χ1v) is 8.21. The van der Waals surface area contributed by atoms with Gasteiger partial charge in [-0.1, -0.05) is 25.0 Å². The van der Waals surface area contributed by atoms with Crippen LogP contribution in [0.15, 0.2) is 36.4 Å². The molecule has 2 fully saturated rings. The zero-order valence-electron chi connectivity index (χ0n) is 13.1. The number of carboxylic acid groups (broad SMARTS) is 1. The highest BCUT2D eigenvalue weighted by atomic mass is 16.4. The van der Waals surface area contributed by atoms with E-state index in [1.807, 2.05) is 0 Å². The van der Waals surface area contributed by atoms with E-state index in [2.05, 4.69) is 0 Å². The van der Waals surface area contributed by atoms with Crippen LogP contribution in [0.1, 0.15) is 36.0 Å². The molecule has 1 aliphatic carbocycles. The fraction of sp³-hybridized carbons (Fsp3) is 0.316. The van der Waals surface area contributed by atoms with Crippen LogP contribution in [0.3, 0.4) is 0 Å². The summed E-state index contributed by atoms with van der Waals surface area (Å²) in [7, 11) is 0. The topological polar surface area (TPSA) is 74.7 Å². The maximum atomic E-state index is 12.7. The lowest BCUT2D eigenvalue weighted by Crippen LogP contribution is -2.30. The highest BCUT2D eigenvalue weighted by Gasteiger charge is 2.48. The molecule has 2 atom stereocenters. The molecule has 0 aromatic heterocycles. The van der Waals surface area contributed by atoms with E-state index in [0.717, 1.165) is 36.5 Å². The number of hydrogen-bond donors (Lipinski definition) is 1. The molecule has 2 aromatic rings. The molecule has 0 bridgehead atoms. The summed E-state index contributed by atoms with van der Waals surface area (Å²) >= 11 is 0. The van der Waals surface area contributed by atoms with Gasteiger partial charge >= 0.3 is 5.97 Å². The van der Waals surface area contributed by atoms with Crippen LogP contribution in [-0.2, 0) is 9.59 Å². The summed E-state index contributed by atoms with van der Waals surface area (Å²) in [5.41, 5.74) is 0.796. The first kappa shape index (κ1) is 14.9. The summed E-state index contributed by atoms with van der Waals surface area (Å²) < 4.78 is 0. The van der Waals surface area contributed by atoms with Crippen molar-refractivity contribution < 1.29 is 19.5 Å². The van der Waals surface area contributed by atoms with Gasteiger partial charge in [-0.3, -0.25) is 14.5 Å². The van der Waals surface area contributed by atoms with Crippen molar-refractivity contribution in [1.82, 2.24) is 0 Å². The monoisotopic (exact) mass is 323 g/mol. The van der Waals surface area contributed by atoms with E-state index in [-0.39, 0.29) is 29.2 Å². The minimum atomic E-state index is -0.977. The van der Waals surface area contributed by atoms with Crippen LogP contribution in [-0.4, -0.2) is 22.9 Å². The lowest BCUT2D eigenvalue weighted by atomic mass is 9.81. The van der Waals surface area contributed by atoms with Crippen molar-refractivity contribution >= 4 is 34.2 Å². The maximum absolute atomic E-state index is 12.7. The minimum absolute atomic E-state index is 0.0915. The summed E-state index contributed by atoms with van der Waals surface area (Å²) in [5.74, 6) is -1.50. The van der Waals surface area contributed by atoms with Crippen molar-refractivity contribution in [3.8, 4) is 0 Å². The SMILES string of the molecule is O=C(O)c1ccc2cc(N3C(=O)[C@@H]4CCCC[C@H]4C3=O)ccc2c1. The van der Waals surface area contributed by atoms with E-state index in [4.69, 9.17) is 5.11 Å². The molecule has 2 aromatic carbocycles. The summed E-state index contributed by atoms with van der Waals surface area (Å²) in [6.07, 6.45) is 3.59. The van der Waals surface area contributed by atoms with E-state index in [1.165, 1.54) is 11.0 Å². The predicted molar refractivity (Wildman–Crippen MR) is 88.8 cm³/mol. The number of nitrogens with zero attached hydrogens (tertiary/aromatic N) is 1. The Balaban J connectivity index is 1.73. The van der Waals surface area contributed by atoms with E-state index in [0.29, 0.717) is 5.69 Å². The van der Waals surface area contributed by atoms with Crippen LogP contribution < -0.4 is 4.90 Å². The normalized spacial score (nSPS) is 23.6. The molecule has 122 valence electrons. The zero-order valence-corrected chi connectivity index (χ0v) is 13.1. The van der Waals surface area contributed by atoms with Crippen molar-refractivity contribution in [2.75, 3.05) is 4.90 Å². The molecule has 24 heavy (non-hydrogen) atoms. The number of imide groups is 1. The molecular formula is C19H17NO4. The second kappa shape index (κ2) is 5.44. The molecule has 2 aliphatic rings. The Morgan fingerprint density at radius 3 is 2.12 bits per heavy atom. The van der Waals surface area contributed by atoms with Crippen LogP contribution in [0.4, 0.5) is 5.69 Å². The third kappa shape index (κ3) is 2.19. The van der Waals surface area contributed by atoms with E-state index in [1.54, 1.807) is 30.3 Å². The van der Waals surface area contributed by atoms with Gasteiger partial charge in [0.1, 0.15) is 0 Å². The molecule has 5 heteroatoms. The molecule has 0 radical (unpaired) electrons. The van der Waals surface area contributed by atoms with Gasteiger partial charge < -0.3 is 5.11 Å². The lowest BCUT2D eigenvalue weighted by molar-refractivity contribution is -0.122. The molecule has 2 amide bonds. The van der Waals surface area contributed by atoms with Crippen LogP contribution in [0.2, 0.25) is 0 Å². The Labute approximate surface area is 138 Å². The maximum Gasteiger partial charge on any atom is 0.335 e. The van der Waals surface area contributed by atoms with E-state index in [9.17, 15) is 14.4 Å². The van der Waals surface area contributed by atoms with Crippen LogP contribution in [0.25, 0.3) is 10.8 Å². The van der Waals surface area contributed by atoms with Gasteiger partial charge in [0.05, 0.1) is 23.1 Å². The van der Waals surface area contributed by atoms with Crippen LogP contribution in [0.5, 0.6) is 0 Å². The first-order chi connectivity index (χ1) is 11.6. The first-order valence-electron chi connectivity index (χ1n) is 8.21. The van der Waals surface area contributed by atoms with Crippen molar-refractivity contribution in [2.24, 2.45) is 11.8 Å². The lowest BCUT2D eigenvalue weighted by Gasteiger charge is -2.19. The molecular weight excluding hydrogens is 306 g/mol. The average Bonchev–Trinajstić information content (AvgIpc) is 2.85. The molecule has 1 N–H and O–H groups in total. The Morgan fingerprint density at radius 2 is 1.50 bits per heavy atom. The number of fused-ring (bicyclic) bond motifs is 2. The summed E-state index contributed by atoms with van der Waals surface area (Å²) in [5, 5.41) is 10.6. The Hall–Kier alpha value is -2.69. The highest BCUT2D eigenvalue weighted by Crippen LogP contribution is 2.40. The third-order valence-corrected chi connectivity index (χ3v) is 5.17. The third-order valence-electron chi connectivity index (χ3n) is 5.17. The van der Waals surface area contributed by atoms with Crippen molar-refractivity contribution in [1.29, 1.82) is 0 Å². The number of anilines is 1. The molecule has 1 heterocycles. The second-order valence-electron chi connectivity index (χ2n) is 6.56. The molecule has 1 aliphatic heterocycles. The van der Waals surface area contributed by atoms with Crippen molar-refractivity contribution in [3.63, 3.8) is 0 Å². The number of rotatable bonds is 2. The largest absolute Gasteiger partial charge is 0.478 e. The van der Waals surface area contributed by atoms with Gasteiger partial charge in [-0.15, -0.1) is 0 Å². The van der Waals surface area contributed by atoms with Crippen molar-refractivity contribution in [3.05, 3.63) is 42.0 Å². The number of hydrogen-bond acceptors (Lipinski definition) is 3. The number of benzene rings is 2.